The van der Waals surface area contributed by atoms with Crippen molar-refractivity contribution in [3.63, 3.8) is 0 Å². The van der Waals surface area contributed by atoms with Gasteiger partial charge in [-0.25, -0.2) is 0 Å². The average molecular weight is 277 g/mol. The lowest BCUT2D eigenvalue weighted by molar-refractivity contribution is 0.593. The molecule has 0 atom stereocenters. The Morgan fingerprint density at radius 1 is 1.13 bits per heavy atom. The van der Waals surface area contributed by atoms with Crippen molar-refractivity contribution in [1.29, 1.82) is 0 Å². The third-order valence-corrected chi connectivity index (χ3v) is 15.0. The van der Waals surface area contributed by atoms with Crippen molar-refractivity contribution in [2.75, 3.05) is 0 Å². The average Bonchev–Trinajstić information content (AvgIpc) is 2.09. The van der Waals surface area contributed by atoms with E-state index in [4.69, 9.17) is 8.23 Å². The van der Waals surface area contributed by atoms with E-state index in [-0.39, 0.29) is 0 Å². The first-order valence-corrected chi connectivity index (χ1v) is 14.3. The van der Waals surface area contributed by atoms with E-state index in [1.165, 1.54) is 4.82 Å². The molecule has 0 rings (SSSR count). The normalized spacial score (nSPS) is 14.2. The molecule has 0 saturated heterocycles. The first kappa shape index (κ1) is 15.3. The lowest BCUT2D eigenvalue weighted by atomic mass is 11.2. The summed E-state index contributed by atoms with van der Waals surface area (Å²) in [5.41, 5.74) is 1.93. The molecule has 0 aromatic carbocycles. The summed E-state index contributed by atoms with van der Waals surface area (Å²) in [6, 6.07) is 0. The summed E-state index contributed by atoms with van der Waals surface area (Å²) in [4.78, 5) is 1.29. The molecule has 2 nitrogen and oxygen atoms in total. The standard InChI is InChI=1S/C9H24O2Si4/c1-8-12-10-15(6,7)9(2)13-11-14(3,4)5/h8H,1-2,12-13H2,3-7H3. The molecule has 0 aliphatic rings. The molecule has 0 radical (unpaired) electrons. The zero-order chi connectivity index (χ0) is 12.1. The van der Waals surface area contributed by atoms with Gasteiger partial charge in [0.1, 0.15) is 0 Å². The molecule has 0 aliphatic carbocycles. The van der Waals surface area contributed by atoms with Gasteiger partial charge in [0, 0.05) is 0 Å². The predicted octanol–water partition coefficient (Wildman–Crippen LogP) is 1.42. The highest BCUT2D eigenvalue weighted by atomic mass is 28.4. The van der Waals surface area contributed by atoms with Crippen molar-refractivity contribution in [2.45, 2.75) is 32.7 Å². The van der Waals surface area contributed by atoms with Crippen molar-refractivity contribution in [3.8, 4) is 0 Å². The lowest BCUT2D eigenvalue weighted by Crippen LogP contribution is -2.40. The first-order chi connectivity index (χ1) is 6.69. The van der Waals surface area contributed by atoms with Crippen LogP contribution in [0.2, 0.25) is 32.7 Å². The second-order valence-electron chi connectivity index (χ2n) is 5.11. The fourth-order valence-electron chi connectivity index (χ4n) is 0.847. The van der Waals surface area contributed by atoms with E-state index >= 15 is 0 Å². The van der Waals surface area contributed by atoms with Crippen molar-refractivity contribution >= 4 is 36.2 Å². The van der Waals surface area contributed by atoms with E-state index < -0.39 is 36.2 Å². The molecule has 0 bridgehead atoms. The van der Waals surface area contributed by atoms with Gasteiger partial charge in [-0.15, -0.1) is 13.2 Å². The van der Waals surface area contributed by atoms with E-state index in [0.717, 1.165) is 0 Å². The second-order valence-corrected chi connectivity index (χ2v) is 18.1. The van der Waals surface area contributed by atoms with Gasteiger partial charge in [0.15, 0.2) is 36.2 Å². The van der Waals surface area contributed by atoms with Crippen LogP contribution in [-0.2, 0) is 8.23 Å². The SMILES string of the molecule is C=C[SiH2]O[Si](C)(C)C(=C)[SiH2]O[Si](C)(C)C. The summed E-state index contributed by atoms with van der Waals surface area (Å²) in [7, 11) is -4.19. The van der Waals surface area contributed by atoms with Crippen LogP contribution in [0.15, 0.2) is 23.7 Å². The van der Waals surface area contributed by atoms with E-state index in [0.29, 0.717) is 0 Å². The monoisotopic (exact) mass is 276 g/mol. The van der Waals surface area contributed by atoms with E-state index in [2.05, 4.69) is 45.9 Å². The summed E-state index contributed by atoms with van der Waals surface area (Å²) < 4.78 is 11.9. The van der Waals surface area contributed by atoms with Gasteiger partial charge < -0.3 is 8.23 Å². The first-order valence-electron chi connectivity index (χ1n) is 5.26. The molecule has 0 heterocycles. The van der Waals surface area contributed by atoms with Crippen LogP contribution >= 0.6 is 0 Å². The van der Waals surface area contributed by atoms with Gasteiger partial charge in [-0.05, 0) is 32.7 Å². The third kappa shape index (κ3) is 7.20. The van der Waals surface area contributed by atoms with Crippen LogP contribution in [0.5, 0.6) is 0 Å². The molecular weight excluding hydrogens is 252 g/mol. The van der Waals surface area contributed by atoms with Gasteiger partial charge in [-0.3, -0.25) is 0 Å². The van der Waals surface area contributed by atoms with Gasteiger partial charge in [0.05, 0.1) is 0 Å². The second kappa shape index (κ2) is 6.11. The van der Waals surface area contributed by atoms with Crippen LogP contribution in [0.25, 0.3) is 0 Å². The smallest absolute Gasteiger partial charge is 0.198 e. The molecule has 0 spiro atoms. The maximum atomic E-state index is 5.98. The van der Waals surface area contributed by atoms with Crippen LogP contribution in [0, 0.1) is 0 Å². The zero-order valence-corrected chi connectivity index (χ0v) is 15.6. The van der Waals surface area contributed by atoms with Crippen LogP contribution < -0.4 is 0 Å². The number of hydrogen-bond acceptors (Lipinski definition) is 2. The Bertz CT molecular complexity index is 233. The molecule has 0 aromatic heterocycles. The Hall–Kier alpha value is 0.268. The summed E-state index contributed by atoms with van der Waals surface area (Å²) in [6.07, 6.45) is 0. The van der Waals surface area contributed by atoms with Crippen LogP contribution in [0.3, 0.4) is 0 Å². The Labute approximate surface area is 101 Å². The molecule has 0 N–H and O–H groups in total. The molecule has 0 fully saturated rings. The summed E-state index contributed by atoms with van der Waals surface area (Å²) >= 11 is 0. The fourth-order valence-corrected chi connectivity index (χ4v) is 9.19. The summed E-state index contributed by atoms with van der Waals surface area (Å²) in [6.45, 7) is 19.0. The quantitative estimate of drug-likeness (QED) is 0.655. The third-order valence-electron chi connectivity index (χ3n) is 2.09. The molecule has 0 amide bonds. The van der Waals surface area contributed by atoms with Crippen LogP contribution in [-0.4, -0.2) is 36.2 Å². The van der Waals surface area contributed by atoms with Crippen molar-refractivity contribution in [2.24, 2.45) is 0 Å². The highest BCUT2D eigenvalue weighted by Gasteiger charge is 2.27. The van der Waals surface area contributed by atoms with E-state index in [1.807, 2.05) is 5.70 Å². The Balaban J connectivity index is 4.13. The lowest BCUT2D eigenvalue weighted by Gasteiger charge is -2.27. The summed E-state index contributed by atoms with van der Waals surface area (Å²) in [5, 5.41) is 0. The van der Waals surface area contributed by atoms with E-state index in [9.17, 15) is 0 Å². The highest BCUT2D eigenvalue weighted by Crippen LogP contribution is 2.15. The number of hydrogen-bond donors (Lipinski definition) is 0. The predicted molar refractivity (Wildman–Crippen MR) is 79.4 cm³/mol. The highest BCUT2D eigenvalue weighted by molar-refractivity contribution is 6.92. The van der Waals surface area contributed by atoms with Gasteiger partial charge in [-0.1, -0.05) is 10.5 Å². The van der Waals surface area contributed by atoms with Gasteiger partial charge in [0.25, 0.3) is 0 Å². The Morgan fingerprint density at radius 2 is 1.67 bits per heavy atom. The van der Waals surface area contributed by atoms with Crippen molar-refractivity contribution in [3.05, 3.63) is 23.7 Å². The molecule has 88 valence electrons. The minimum absolute atomic E-state index is 0.534. The molecule has 0 aromatic rings. The maximum Gasteiger partial charge on any atom is 0.198 e. The Morgan fingerprint density at radius 3 is 2.07 bits per heavy atom. The molecule has 0 saturated carbocycles. The summed E-state index contributed by atoms with van der Waals surface area (Å²) in [5.74, 6) is 0. The minimum atomic E-state index is -1.67. The fraction of sp³-hybridized carbons (Fsp3) is 0.556. The molecule has 15 heavy (non-hydrogen) atoms. The van der Waals surface area contributed by atoms with Gasteiger partial charge in [-0.2, -0.15) is 0 Å². The van der Waals surface area contributed by atoms with Crippen LogP contribution in [0.1, 0.15) is 0 Å². The Kier molecular flexibility index (Phi) is 6.22. The van der Waals surface area contributed by atoms with Crippen molar-refractivity contribution in [1.82, 2.24) is 0 Å². The minimum Gasteiger partial charge on any atom is -0.457 e. The molecule has 0 unspecified atom stereocenters. The molecular formula is C9H24O2Si4. The largest absolute Gasteiger partial charge is 0.457 e. The van der Waals surface area contributed by atoms with Gasteiger partial charge >= 0.3 is 0 Å². The van der Waals surface area contributed by atoms with Crippen LogP contribution in [0.4, 0.5) is 0 Å². The number of rotatable bonds is 7. The maximum absolute atomic E-state index is 5.98. The molecule has 0 aliphatic heterocycles. The molecule has 6 heteroatoms. The van der Waals surface area contributed by atoms with Crippen molar-refractivity contribution < 1.29 is 8.23 Å². The van der Waals surface area contributed by atoms with E-state index in [1.54, 1.807) is 0 Å². The topological polar surface area (TPSA) is 18.5 Å². The van der Waals surface area contributed by atoms with Gasteiger partial charge in [0.2, 0.25) is 0 Å². The zero-order valence-electron chi connectivity index (χ0n) is 10.7.